The van der Waals surface area contributed by atoms with Gasteiger partial charge in [0.2, 0.25) is 5.91 Å². The van der Waals surface area contributed by atoms with Gasteiger partial charge in [-0.3, -0.25) is 14.3 Å². The Morgan fingerprint density at radius 2 is 1.88 bits per heavy atom. The maximum atomic E-state index is 13.6. The molecule has 10 heteroatoms. The van der Waals surface area contributed by atoms with E-state index in [2.05, 4.69) is 5.10 Å². The standard InChI is InChI=1S/C22H23F4N3O3/c23-16-5-2-13(3-6-16)11-29-18-12-28(8-7-17(18)20(27-29)22(24,25)26)19(30)10-14-1-4-15(9-14)21(31)32/h2-3,5-6,14-15H,1,4,7-12H2,(H,31,32). The summed E-state index contributed by atoms with van der Waals surface area (Å²) in [5.41, 5.74) is 0.0768. The van der Waals surface area contributed by atoms with E-state index in [1.807, 2.05) is 0 Å². The van der Waals surface area contributed by atoms with E-state index in [9.17, 15) is 27.2 Å². The van der Waals surface area contributed by atoms with Gasteiger partial charge in [-0.05, 0) is 49.3 Å². The van der Waals surface area contributed by atoms with E-state index in [0.29, 0.717) is 30.5 Å². The first kappa shape index (κ1) is 22.3. The van der Waals surface area contributed by atoms with Crippen LogP contribution >= 0.6 is 0 Å². The van der Waals surface area contributed by atoms with Gasteiger partial charge >= 0.3 is 12.1 Å². The Labute approximate surface area is 181 Å². The zero-order valence-electron chi connectivity index (χ0n) is 17.2. The van der Waals surface area contributed by atoms with Gasteiger partial charge in [-0.2, -0.15) is 18.3 Å². The van der Waals surface area contributed by atoms with Crippen molar-refractivity contribution >= 4 is 11.9 Å². The molecule has 32 heavy (non-hydrogen) atoms. The number of amides is 1. The van der Waals surface area contributed by atoms with Gasteiger partial charge in [0, 0.05) is 18.5 Å². The number of aliphatic carboxylic acids is 1. The van der Waals surface area contributed by atoms with Crippen LogP contribution in [0.4, 0.5) is 17.6 Å². The first-order valence-corrected chi connectivity index (χ1v) is 10.5. The lowest BCUT2D eigenvalue weighted by atomic mass is 9.99. The topological polar surface area (TPSA) is 75.4 Å². The Hall–Kier alpha value is -2.91. The van der Waals surface area contributed by atoms with Crippen LogP contribution in [-0.2, 0) is 35.3 Å². The quantitative estimate of drug-likeness (QED) is 0.698. The fourth-order valence-corrected chi connectivity index (χ4v) is 4.68. The van der Waals surface area contributed by atoms with Crippen LogP contribution in [0.5, 0.6) is 0 Å². The van der Waals surface area contributed by atoms with Crippen molar-refractivity contribution < 1.29 is 32.3 Å². The lowest BCUT2D eigenvalue weighted by molar-refractivity contribution is -0.143. The largest absolute Gasteiger partial charge is 0.481 e. The average Bonchev–Trinajstić information content (AvgIpc) is 3.34. The molecule has 0 saturated heterocycles. The fraction of sp³-hybridized carbons (Fsp3) is 0.500. The number of nitrogens with zero attached hydrogens (tertiary/aromatic N) is 3. The van der Waals surface area contributed by atoms with Crippen molar-refractivity contribution in [2.45, 2.75) is 51.4 Å². The summed E-state index contributed by atoms with van der Waals surface area (Å²) < 4.78 is 55.1. The minimum atomic E-state index is -4.61. The summed E-state index contributed by atoms with van der Waals surface area (Å²) in [6.07, 6.45) is -2.74. The molecular formula is C22H23F4N3O3. The van der Waals surface area contributed by atoms with Gasteiger partial charge in [0.15, 0.2) is 5.69 Å². The molecule has 1 amide bonds. The van der Waals surface area contributed by atoms with E-state index in [-0.39, 0.29) is 49.9 Å². The van der Waals surface area contributed by atoms with Gasteiger partial charge in [0.1, 0.15) is 5.82 Å². The molecule has 0 radical (unpaired) electrons. The molecular weight excluding hydrogens is 430 g/mol. The third-order valence-electron chi connectivity index (χ3n) is 6.36. The molecule has 4 rings (SSSR count). The minimum absolute atomic E-state index is 0.00746. The van der Waals surface area contributed by atoms with Crippen molar-refractivity contribution in [1.29, 1.82) is 0 Å². The third-order valence-corrected chi connectivity index (χ3v) is 6.36. The fourth-order valence-electron chi connectivity index (χ4n) is 4.68. The number of hydrogen-bond donors (Lipinski definition) is 1. The van der Waals surface area contributed by atoms with Crippen LogP contribution in [0, 0.1) is 17.7 Å². The van der Waals surface area contributed by atoms with E-state index in [1.54, 1.807) is 0 Å². The Morgan fingerprint density at radius 1 is 1.16 bits per heavy atom. The Kier molecular flexibility index (Phi) is 5.96. The lowest BCUT2D eigenvalue weighted by Gasteiger charge is -2.29. The summed E-state index contributed by atoms with van der Waals surface area (Å²) in [7, 11) is 0. The number of halogens is 4. The second-order valence-corrected chi connectivity index (χ2v) is 8.54. The number of hydrogen-bond acceptors (Lipinski definition) is 3. The highest BCUT2D eigenvalue weighted by Gasteiger charge is 2.41. The predicted octanol–water partition coefficient (Wildman–Crippen LogP) is 3.87. The number of carbonyl (C=O) groups is 2. The number of carboxylic acids is 1. The average molecular weight is 453 g/mol. The van der Waals surface area contributed by atoms with Crippen molar-refractivity contribution in [3.8, 4) is 0 Å². The van der Waals surface area contributed by atoms with Crippen LogP contribution in [0.2, 0.25) is 0 Å². The molecule has 2 unspecified atom stereocenters. The second-order valence-electron chi connectivity index (χ2n) is 8.54. The van der Waals surface area contributed by atoms with Gasteiger partial charge in [-0.1, -0.05) is 12.1 Å². The van der Waals surface area contributed by atoms with E-state index in [4.69, 9.17) is 5.11 Å². The minimum Gasteiger partial charge on any atom is -0.481 e. The normalized spacial score (nSPS) is 20.9. The van der Waals surface area contributed by atoms with E-state index in [0.717, 1.165) is 0 Å². The second kappa shape index (κ2) is 8.55. The number of alkyl halides is 3. The first-order chi connectivity index (χ1) is 15.1. The van der Waals surface area contributed by atoms with Crippen molar-refractivity contribution in [2.75, 3.05) is 6.54 Å². The van der Waals surface area contributed by atoms with E-state index < -0.39 is 29.6 Å². The Morgan fingerprint density at radius 3 is 2.50 bits per heavy atom. The number of carbonyl (C=O) groups excluding carboxylic acids is 1. The highest BCUT2D eigenvalue weighted by Crippen LogP contribution is 2.37. The van der Waals surface area contributed by atoms with Gasteiger partial charge in [-0.25, -0.2) is 4.39 Å². The van der Waals surface area contributed by atoms with Crippen molar-refractivity contribution in [3.63, 3.8) is 0 Å². The third kappa shape index (κ3) is 4.63. The van der Waals surface area contributed by atoms with Crippen LogP contribution in [0.3, 0.4) is 0 Å². The van der Waals surface area contributed by atoms with Crippen LogP contribution < -0.4 is 0 Å². The molecule has 6 nitrogen and oxygen atoms in total. The van der Waals surface area contributed by atoms with Crippen LogP contribution in [0.25, 0.3) is 0 Å². The number of carboxylic acid groups (broad SMARTS) is 1. The zero-order chi connectivity index (χ0) is 23.0. The van der Waals surface area contributed by atoms with Crippen molar-refractivity contribution in [1.82, 2.24) is 14.7 Å². The van der Waals surface area contributed by atoms with E-state index in [1.165, 1.54) is 33.8 Å². The number of fused-ring (bicyclic) bond motifs is 1. The predicted molar refractivity (Wildman–Crippen MR) is 105 cm³/mol. The molecule has 1 N–H and O–H groups in total. The summed E-state index contributed by atoms with van der Waals surface area (Å²) in [6, 6.07) is 5.44. The monoisotopic (exact) mass is 453 g/mol. The van der Waals surface area contributed by atoms with Crippen LogP contribution in [-0.4, -0.2) is 38.2 Å². The van der Waals surface area contributed by atoms with Crippen LogP contribution in [0.1, 0.15) is 48.2 Å². The zero-order valence-corrected chi connectivity index (χ0v) is 17.2. The summed E-state index contributed by atoms with van der Waals surface area (Å²) >= 11 is 0. The van der Waals surface area contributed by atoms with Crippen molar-refractivity contribution in [2.24, 2.45) is 11.8 Å². The number of benzene rings is 1. The maximum Gasteiger partial charge on any atom is 0.435 e. The molecule has 1 aromatic carbocycles. The SMILES string of the molecule is O=C(O)C1CCC(CC(=O)N2CCc3c(C(F)(F)F)nn(Cc4ccc(F)cc4)c3C2)C1. The molecule has 1 fully saturated rings. The summed E-state index contributed by atoms with van der Waals surface area (Å²) in [6.45, 7) is 0.198. The molecule has 0 spiro atoms. The number of rotatable bonds is 5. The van der Waals surface area contributed by atoms with E-state index >= 15 is 0 Å². The van der Waals surface area contributed by atoms with Gasteiger partial charge < -0.3 is 10.0 Å². The molecule has 2 atom stereocenters. The molecule has 1 aliphatic carbocycles. The molecule has 1 saturated carbocycles. The van der Waals surface area contributed by atoms with Crippen molar-refractivity contribution in [3.05, 3.63) is 52.6 Å². The number of aromatic nitrogens is 2. The molecule has 2 aromatic rings. The van der Waals surface area contributed by atoms with Gasteiger partial charge in [-0.15, -0.1) is 0 Å². The molecule has 2 heterocycles. The summed E-state index contributed by atoms with van der Waals surface area (Å²) in [4.78, 5) is 25.5. The summed E-state index contributed by atoms with van der Waals surface area (Å²) in [5, 5.41) is 12.9. The molecule has 172 valence electrons. The lowest BCUT2D eigenvalue weighted by Crippen LogP contribution is -2.37. The molecule has 2 aliphatic rings. The molecule has 0 bridgehead atoms. The smallest absolute Gasteiger partial charge is 0.435 e. The summed E-state index contributed by atoms with van der Waals surface area (Å²) in [5.74, 6) is -1.95. The Bertz CT molecular complexity index is 1020. The first-order valence-electron chi connectivity index (χ1n) is 10.5. The molecule has 1 aliphatic heterocycles. The highest BCUT2D eigenvalue weighted by molar-refractivity contribution is 5.77. The Balaban J connectivity index is 1.53. The molecule has 1 aromatic heterocycles. The maximum absolute atomic E-state index is 13.6. The van der Waals surface area contributed by atoms with Gasteiger partial charge in [0.25, 0.3) is 0 Å². The van der Waals surface area contributed by atoms with Gasteiger partial charge in [0.05, 0.1) is 24.7 Å². The van der Waals surface area contributed by atoms with Crippen LogP contribution in [0.15, 0.2) is 24.3 Å². The highest BCUT2D eigenvalue weighted by atomic mass is 19.4.